The van der Waals surface area contributed by atoms with Crippen LogP contribution in [0.25, 0.3) is 0 Å². The molecule has 2 atom stereocenters. The van der Waals surface area contributed by atoms with Gasteiger partial charge in [0.1, 0.15) is 0 Å². The highest BCUT2D eigenvalue weighted by atomic mass is 32.2. The molecule has 1 aliphatic rings. The average molecular weight is 236 g/mol. The largest absolute Gasteiger partial charge is 0.481 e. The van der Waals surface area contributed by atoms with Gasteiger partial charge in [-0.3, -0.25) is 4.79 Å². The highest BCUT2D eigenvalue weighted by Gasteiger charge is 2.26. The minimum atomic E-state index is -3.27. The predicted molar refractivity (Wildman–Crippen MR) is 54.4 cm³/mol. The fourth-order valence-corrected chi connectivity index (χ4v) is 3.62. The van der Waals surface area contributed by atoms with Gasteiger partial charge in [0, 0.05) is 6.61 Å². The lowest BCUT2D eigenvalue weighted by molar-refractivity contribution is -0.140. The number of sulfone groups is 1. The monoisotopic (exact) mass is 236 g/mol. The van der Waals surface area contributed by atoms with E-state index in [1.54, 1.807) is 0 Å². The predicted octanol–water partition coefficient (Wildman–Crippen LogP) is 0.158. The number of ether oxygens (including phenoxy) is 1. The number of carbonyl (C=O) groups is 1. The molecular weight excluding hydrogens is 220 g/mol. The molecular formula is C9H16O5S. The molecule has 0 aromatic heterocycles. The van der Waals surface area contributed by atoms with E-state index in [1.807, 2.05) is 0 Å². The number of rotatable bonds is 5. The summed E-state index contributed by atoms with van der Waals surface area (Å²) in [5.41, 5.74) is 0. The van der Waals surface area contributed by atoms with Gasteiger partial charge in [-0.1, -0.05) is 6.92 Å². The van der Waals surface area contributed by atoms with Crippen molar-refractivity contribution < 1.29 is 23.1 Å². The normalized spacial score (nSPS) is 23.9. The Morgan fingerprint density at radius 3 is 2.73 bits per heavy atom. The van der Waals surface area contributed by atoms with Crippen molar-refractivity contribution in [3.05, 3.63) is 0 Å². The van der Waals surface area contributed by atoms with Gasteiger partial charge in [0.05, 0.1) is 24.0 Å². The van der Waals surface area contributed by atoms with Crippen LogP contribution in [0.5, 0.6) is 0 Å². The molecule has 1 aliphatic heterocycles. The van der Waals surface area contributed by atoms with Crippen molar-refractivity contribution in [1.82, 2.24) is 0 Å². The van der Waals surface area contributed by atoms with E-state index < -0.39 is 21.7 Å². The second kappa shape index (κ2) is 4.94. The Balaban J connectivity index is 2.47. The van der Waals surface area contributed by atoms with E-state index in [9.17, 15) is 13.2 Å². The van der Waals surface area contributed by atoms with Gasteiger partial charge in [-0.25, -0.2) is 8.42 Å². The van der Waals surface area contributed by atoms with Crippen molar-refractivity contribution in [3.63, 3.8) is 0 Å². The molecule has 88 valence electrons. The second-order valence-corrected chi connectivity index (χ2v) is 6.20. The summed E-state index contributed by atoms with van der Waals surface area (Å²) in [6.45, 7) is 2.49. The summed E-state index contributed by atoms with van der Waals surface area (Å²) < 4.78 is 28.2. The van der Waals surface area contributed by atoms with Crippen molar-refractivity contribution >= 4 is 15.8 Å². The third-order valence-electron chi connectivity index (χ3n) is 2.44. The van der Waals surface area contributed by atoms with Gasteiger partial charge in [-0.15, -0.1) is 0 Å². The molecule has 0 aromatic rings. The first-order valence-electron chi connectivity index (χ1n) is 4.91. The number of carboxylic acids is 1. The van der Waals surface area contributed by atoms with Crippen molar-refractivity contribution in [3.8, 4) is 0 Å². The molecule has 0 spiro atoms. The standard InChI is InChI=1S/C9H16O5S/c1-7(9(10)11)5-15(12,13)6-8-2-3-14-4-8/h7-8H,2-6H2,1H3,(H,10,11). The Kier molecular flexibility index (Phi) is 4.10. The Morgan fingerprint density at radius 2 is 2.27 bits per heavy atom. The first kappa shape index (κ1) is 12.4. The van der Waals surface area contributed by atoms with Crippen LogP contribution in [0.15, 0.2) is 0 Å². The summed E-state index contributed by atoms with van der Waals surface area (Å²) in [4.78, 5) is 10.5. The second-order valence-electron chi connectivity index (χ2n) is 4.05. The highest BCUT2D eigenvalue weighted by molar-refractivity contribution is 7.91. The summed E-state index contributed by atoms with van der Waals surface area (Å²) >= 11 is 0. The topological polar surface area (TPSA) is 80.7 Å². The molecule has 0 aromatic carbocycles. The zero-order valence-electron chi connectivity index (χ0n) is 8.68. The lowest BCUT2D eigenvalue weighted by Crippen LogP contribution is -2.26. The van der Waals surface area contributed by atoms with Crippen LogP contribution >= 0.6 is 0 Å². The molecule has 15 heavy (non-hydrogen) atoms. The van der Waals surface area contributed by atoms with E-state index in [4.69, 9.17) is 9.84 Å². The third kappa shape index (κ3) is 4.17. The molecule has 2 unspecified atom stereocenters. The molecule has 0 saturated carbocycles. The van der Waals surface area contributed by atoms with Crippen molar-refractivity contribution in [2.24, 2.45) is 11.8 Å². The van der Waals surface area contributed by atoms with Crippen LogP contribution in [0.1, 0.15) is 13.3 Å². The van der Waals surface area contributed by atoms with E-state index in [0.717, 1.165) is 6.42 Å². The Hall–Kier alpha value is -0.620. The van der Waals surface area contributed by atoms with Crippen LogP contribution in [0, 0.1) is 11.8 Å². The zero-order chi connectivity index (χ0) is 11.5. The van der Waals surface area contributed by atoms with Gasteiger partial charge in [0.25, 0.3) is 0 Å². The summed E-state index contributed by atoms with van der Waals surface area (Å²) in [6.07, 6.45) is 0.751. The van der Waals surface area contributed by atoms with E-state index in [0.29, 0.717) is 13.2 Å². The number of hydrogen-bond donors (Lipinski definition) is 1. The maximum Gasteiger partial charge on any atom is 0.307 e. The van der Waals surface area contributed by atoms with Crippen LogP contribution in [-0.4, -0.2) is 44.2 Å². The molecule has 0 aliphatic carbocycles. The molecule has 1 fully saturated rings. The van der Waals surface area contributed by atoms with E-state index in [1.165, 1.54) is 6.92 Å². The maximum atomic E-state index is 11.6. The summed E-state index contributed by atoms with van der Waals surface area (Å²) in [7, 11) is -3.27. The van der Waals surface area contributed by atoms with Crippen molar-refractivity contribution in [1.29, 1.82) is 0 Å². The fraction of sp³-hybridized carbons (Fsp3) is 0.889. The average Bonchev–Trinajstić information content (AvgIpc) is 2.54. The Morgan fingerprint density at radius 1 is 1.60 bits per heavy atom. The molecule has 0 amide bonds. The summed E-state index contributed by atoms with van der Waals surface area (Å²) in [5, 5.41) is 8.62. The van der Waals surface area contributed by atoms with Gasteiger partial charge >= 0.3 is 5.97 Å². The third-order valence-corrected chi connectivity index (χ3v) is 4.43. The molecule has 1 N–H and O–H groups in total. The van der Waals surface area contributed by atoms with Crippen LogP contribution in [0.3, 0.4) is 0 Å². The molecule has 1 heterocycles. The van der Waals surface area contributed by atoms with Gasteiger partial charge in [-0.2, -0.15) is 0 Å². The van der Waals surface area contributed by atoms with E-state index in [-0.39, 0.29) is 17.4 Å². The van der Waals surface area contributed by atoms with Gasteiger partial charge in [-0.05, 0) is 12.3 Å². The number of aliphatic carboxylic acids is 1. The number of hydrogen-bond acceptors (Lipinski definition) is 4. The summed E-state index contributed by atoms with van der Waals surface area (Å²) in [6, 6.07) is 0. The number of carboxylic acid groups (broad SMARTS) is 1. The molecule has 0 bridgehead atoms. The Bertz CT molecular complexity index is 315. The lowest BCUT2D eigenvalue weighted by Gasteiger charge is -2.10. The van der Waals surface area contributed by atoms with Crippen LogP contribution in [0.2, 0.25) is 0 Å². The lowest BCUT2D eigenvalue weighted by atomic mass is 10.2. The summed E-state index contributed by atoms with van der Waals surface area (Å²) in [5.74, 6) is -2.10. The van der Waals surface area contributed by atoms with Gasteiger partial charge in [0.2, 0.25) is 0 Å². The molecule has 1 saturated heterocycles. The Labute approximate surface area is 89.3 Å². The fourth-order valence-electron chi connectivity index (χ4n) is 1.59. The first-order valence-corrected chi connectivity index (χ1v) is 6.74. The van der Waals surface area contributed by atoms with Gasteiger partial charge < -0.3 is 9.84 Å². The van der Waals surface area contributed by atoms with E-state index in [2.05, 4.69) is 0 Å². The quantitative estimate of drug-likeness (QED) is 0.735. The molecule has 5 nitrogen and oxygen atoms in total. The maximum absolute atomic E-state index is 11.6. The minimum Gasteiger partial charge on any atom is -0.481 e. The highest BCUT2D eigenvalue weighted by Crippen LogP contribution is 2.16. The van der Waals surface area contributed by atoms with Gasteiger partial charge in [0.15, 0.2) is 9.84 Å². The smallest absolute Gasteiger partial charge is 0.307 e. The first-order chi connectivity index (χ1) is 6.91. The van der Waals surface area contributed by atoms with Crippen LogP contribution in [-0.2, 0) is 19.4 Å². The molecule has 0 radical (unpaired) electrons. The zero-order valence-corrected chi connectivity index (χ0v) is 9.50. The van der Waals surface area contributed by atoms with E-state index >= 15 is 0 Å². The van der Waals surface area contributed by atoms with Crippen LogP contribution in [0.4, 0.5) is 0 Å². The molecule has 6 heteroatoms. The van der Waals surface area contributed by atoms with Crippen molar-refractivity contribution in [2.45, 2.75) is 13.3 Å². The SMILES string of the molecule is CC(CS(=O)(=O)CC1CCOC1)C(=O)O. The van der Waals surface area contributed by atoms with Crippen LogP contribution < -0.4 is 0 Å². The molecule has 1 rings (SSSR count). The minimum absolute atomic E-state index is 0.0380. The van der Waals surface area contributed by atoms with Crippen molar-refractivity contribution in [2.75, 3.05) is 24.7 Å².